The van der Waals surface area contributed by atoms with E-state index in [1.54, 1.807) is 18.2 Å². The van der Waals surface area contributed by atoms with Gasteiger partial charge in [0.25, 0.3) is 0 Å². The first-order valence-corrected chi connectivity index (χ1v) is 8.67. The van der Waals surface area contributed by atoms with Crippen molar-refractivity contribution in [1.29, 1.82) is 0 Å². The Labute approximate surface area is 144 Å². The second-order valence-electron chi connectivity index (χ2n) is 6.08. The van der Waals surface area contributed by atoms with Crippen LogP contribution in [0.4, 0.5) is 0 Å². The molecule has 0 amide bonds. The molecule has 0 spiro atoms. The molecule has 1 aliphatic carbocycles. The highest BCUT2D eigenvalue weighted by Gasteiger charge is 2.26. The van der Waals surface area contributed by atoms with E-state index in [0.717, 1.165) is 38.2 Å². The molecule has 0 saturated heterocycles. The lowest BCUT2D eigenvalue weighted by Crippen LogP contribution is -2.14. The number of hydrogen-bond acceptors (Lipinski definition) is 3. The zero-order chi connectivity index (χ0) is 17.8. The maximum atomic E-state index is 11.9. The summed E-state index contributed by atoms with van der Waals surface area (Å²) in [5.74, 6) is -0.965. The average molecular weight is 332 g/mol. The molecule has 3 atom stereocenters. The van der Waals surface area contributed by atoms with Crippen molar-refractivity contribution in [2.24, 2.45) is 11.8 Å². The summed E-state index contributed by atoms with van der Waals surface area (Å²) < 4.78 is 0. The highest BCUT2D eigenvalue weighted by atomic mass is 16.4. The Hall–Kier alpha value is -1.94. The van der Waals surface area contributed by atoms with Gasteiger partial charge >= 0.3 is 5.97 Å². The van der Waals surface area contributed by atoms with Crippen LogP contribution < -0.4 is 0 Å². The second kappa shape index (κ2) is 11.6. The highest BCUT2D eigenvalue weighted by Crippen LogP contribution is 2.27. The summed E-state index contributed by atoms with van der Waals surface area (Å²) in [7, 11) is 0. The van der Waals surface area contributed by atoms with Gasteiger partial charge in [-0.25, -0.2) is 4.79 Å². The Balaban J connectivity index is 2.43. The second-order valence-corrected chi connectivity index (χ2v) is 6.08. The first kappa shape index (κ1) is 20.1. The number of carbonyl (C=O) groups excluding carboxylic acids is 1. The van der Waals surface area contributed by atoms with E-state index in [1.807, 2.05) is 24.3 Å². The van der Waals surface area contributed by atoms with Crippen molar-refractivity contribution in [3.63, 3.8) is 0 Å². The molecule has 0 saturated carbocycles. The molecular weight excluding hydrogens is 304 g/mol. The van der Waals surface area contributed by atoms with Crippen LogP contribution in [0.25, 0.3) is 0 Å². The Kier molecular flexibility index (Phi) is 9.70. The molecule has 1 rings (SSSR count). The van der Waals surface area contributed by atoms with Gasteiger partial charge in [0.15, 0.2) is 5.78 Å². The number of unbranched alkanes of at least 4 members (excludes halogenated alkanes) is 2. The number of aliphatic hydroxyl groups excluding tert-OH is 1. The van der Waals surface area contributed by atoms with Crippen molar-refractivity contribution in [3.8, 4) is 0 Å². The van der Waals surface area contributed by atoms with Crippen LogP contribution in [0, 0.1) is 11.8 Å². The van der Waals surface area contributed by atoms with Crippen LogP contribution in [-0.2, 0) is 9.59 Å². The van der Waals surface area contributed by atoms with Crippen LogP contribution in [0.2, 0.25) is 0 Å². The number of rotatable bonds is 11. The summed E-state index contributed by atoms with van der Waals surface area (Å²) in [5, 5.41) is 18.4. The minimum Gasteiger partial charge on any atom is -0.478 e. The van der Waals surface area contributed by atoms with Gasteiger partial charge < -0.3 is 10.2 Å². The first-order chi connectivity index (χ1) is 11.5. The molecule has 1 aliphatic rings. The van der Waals surface area contributed by atoms with Crippen molar-refractivity contribution in [1.82, 2.24) is 0 Å². The zero-order valence-corrected chi connectivity index (χ0v) is 14.3. The Bertz CT molecular complexity index is 514. The molecule has 24 heavy (non-hydrogen) atoms. The molecule has 0 unspecified atom stereocenters. The fourth-order valence-corrected chi connectivity index (χ4v) is 2.67. The van der Waals surface area contributed by atoms with Gasteiger partial charge in [0, 0.05) is 12.0 Å². The molecule has 0 bridgehead atoms. The van der Waals surface area contributed by atoms with Crippen LogP contribution in [0.5, 0.6) is 0 Å². The number of carboxylic acids is 1. The number of allylic oxidation sites excluding steroid dienone is 6. The average Bonchev–Trinajstić information content (AvgIpc) is 2.89. The molecular formula is C20H28O4. The molecule has 0 aliphatic heterocycles. The lowest BCUT2D eigenvalue weighted by atomic mass is 9.90. The Morgan fingerprint density at radius 1 is 1.29 bits per heavy atom. The fourth-order valence-electron chi connectivity index (χ4n) is 2.67. The molecule has 2 N–H and O–H groups in total. The van der Waals surface area contributed by atoms with E-state index in [-0.39, 0.29) is 17.6 Å². The molecule has 0 fully saturated rings. The van der Waals surface area contributed by atoms with Gasteiger partial charge in [0.2, 0.25) is 0 Å². The molecule has 0 aromatic carbocycles. The number of carboxylic acid groups (broad SMARTS) is 1. The lowest BCUT2D eigenvalue weighted by molar-refractivity contribution is -0.131. The molecule has 4 nitrogen and oxygen atoms in total. The fraction of sp³-hybridized carbons (Fsp3) is 0.500. The van der Waals surface area contributed by atoms with Crippen molar-refractivity contribution in [2.75, 3.05) is 0 Å². The van der Waals surface area contributed by atoms with Gasteiger partial charge in [-0.15, -0.1) is 0 Å². The van der Waals surface area contributed by atoms with Crippen LogP contribution in [0.1, 0.15) is 45.4 Å². The van der Waals surface area contributed by atoms with E-state index in [1.165, 1.54) is 0 Å². The smallest absolute Gasteiger partial charge is 0.327 e. The van der Waals surface area contributed by atoms with Gasteiger partial charge in [0.05, 0.1) is 6.10 Å². The standard InChI is InChI=1S/C20H28O4/c1-2-3-6-10-17(21)13-14-18-16(12-15-19(18)22)9-7-4-5-8-11-20(23)24/h4,7-8,11-18,21H,2-3,5-6,9-10H2,1H3,(H,23,24)/b7-4-,11-8+,14-13+/t16-,17-,18+/m0/s1. The van der Waals surface area contributed by atoms with Crippen molar-refractivity contribution >= 4 is 11.8 Å². The summed E-state index contributed by atoms with van der Waals surface area (Å²) in [6.07, 6.45) is 18.4. The predicted molar refractivity (Wildman–Crippen MR) is 95.6 cm³/mol. The topological polar surface area (TPSA) is 74.6 Å². The number of hydrogen-bond donors (Lipinski definition) is 2. The van der Waals surface area contributed by atoms with Gasteiger partial charge in [-0.3, -0.25) is 4.79 Å². The number of aliphatic carboxylic acids is 1. The molecule has 0 aromatic rings. The van der Waals surface area contributed by atoms with Crippen LogP contribution >= 0.6 is 0 Å². The summed E-state index contributed by atoms with van der Waals surface area (Å²) >= 11 is 0. The first-order valence-electron chi connectivity index (χ1n) is 8.67. The minimum atomic E-state index is -0.949. The number of carbonyl (C=O) groups is 2. The van der Waals surface area contributed by atoms with E-state index in [0.29, 0.717) is 6.42 Å². The summed E-state index contributed by atoms with van der Waals surface area (Å²) in [6, 6.07) is 0. The minimum absolute atomic E-state index is 0.0798. The van der Waals surface area contributed by atoms with Crippen LogP contribution in [-0.4, -0.2) is 28.1 Å². The lowest BCUT2D eigenvalue weighted by Gasteiger charge is -2.13. The largest absolute Gasteiger partial charge is 0.478 e. The van der Waals surface area contributed by atoms with Crippen molar-refractivity contribution in [3.05, 3.63) is 48.6 Å². The highest BCUT2D eigenvalue weighted by molar-refractivity contribution is 5.95. The van der Waals surface area contributed by atoms with Crippen molar-refractivity contribution < 1.29 is 19.8 Å². The van der Waals surface area contributed by atoms with Gasteiger partial charge in [-0.05, 0) is 31.3 Å². The summed E-state index contributed by atoms with van der Waals surface area (Å²) in [4.78, 5) is 22.3. The van der Waals surface area contributed by atoms with E-state index in [2.05, 4.69) is 6.92 Å². The predicted octanol–water partition coefficient (Wildman–Crippen LogP) is 3.83. The van der Waals surface area contributed by atoms with Gasteiger partial charge in [-0.1, -0.05) is 62.6 Å². The third-order valence-electron chi connectivity index (χ3n) is 4.05. The molecule has 132 valence electrons. The van der Waals surface area contributed by atoms with Gasteiger partial charge in [-0.2, -0.15) is 0 Å². The SMILES string of the molecule is CCCCC[C@H](O)/C=C/[C@H]1C(=O)C=C[C@@H]1C/C=C\C/C=C/C(=O)O. The molecule has 0 radical (unpaired) electrons. The maximum Gasteiger partial charge on any atom is 0.327 e. The van der Waals surface area contributed by atoms with E-state index >= 15 is 0 Å². The Morgan fingerprint density at radius 3 is 2.79 bits per heavy atom. The molecule has 0 aromatic heterocycles. The third kappa shape index (κ3) is 8.06. The third-order valence-corrected chi connectivity index (χ3v) is 4.05. The monoisotopic (exact) mass is 332 g/mol. The maximum absolute atomic E-state index is 11.9. The van der Waals surface area contributed by atoms with Crippen molar-refractivity contribution in [2.45, 2.75) is 51.6 Å². The zero-order valence-electron chi connectivity index (χ0n) is 14.3. The van der Waals surface area contributed by atoms with E-state index < -0.39 is 12.1 Å². The quantitative estimate of drug-likeness (QED) is 0.342. The number of ketones is 1. The Morgan fingerprint density at radius 2 is 2.08 bits per heavy atom. The van der Waals surface area contributed by atoms with Gasteiger partial charge in [0.1, 0.15) is 0 Å². The molecule has 4 heteroatoms. The van der Waals surface area contributed by atoms with Crippen LogP contribution in [0.3, 0.4) is 0 Å². The summed E-state index contributed by atoms with van der Waals surface area (Å²) in [6.45, 7) is 2.13. The normalized spacial score (nSPS) is 22.3. The molecule has 0 heterocycles. The van der Waals surface area contributed by atoms with E-state index in [4.69, 9.17) is 5.11 Å². The summed E-state index contributed by atoms with van der Waals surface area (Å²) in [5.41, 5.74) is 0. The van der Waals surface area contributed by atoms with Crippen LogP contribution in [0.15, 0.2) is 48.6 Å². The van der Waals surface area contributed by atoms with E-state index in [9.17, 15) is 14.7 Å². The number of aliphatic hydroxyl groups is 1.